The number of nitrogens with one attached hydrogen (secondary N) is 1. The van der Waals surface area contributed by atoms with E-state index in [9.17, 15) is 4.79 Å². The fourth-order valence-corrected chi connectivity index (χ4v) is 2.64. The first-order valence-electron chi connectivity index (χ1n) is 7.26. The average Bonchev–Trinajstić information content (AvgIpc) is 2.77. The normalized spacial score (nSPS) is 26.3. The Hall–Kier alpha value is -0.690. The van der Waals surface area contributed by atoms with E-state index in [-0.39, 0.29) is 18.1 Å². The van der Waals surface area contributed by atoms with Crippen LogP contribution in [0.5, 0.6) is 0 Å². The van der Waals surface area contributed by atoms with Crippen LogP contribution in [0.1, 0.15) is 33.1 Å². The predicted molar refractivity (Wildman–Crippen MR) is 76.5 cm³/mol. The quantitative estimate of drug-likeness (QED) is 0.570. The lowest BCUT2D eigenvalue weighted by atomic mass is 9.95. The summed E-state index contributed by atoms with van der Waals surface area (Å²) in [6, 6.07) is 0.221. The first kappa shape index (κ1) is 17.4. The molecule has 0 aromatic rings. The van der Waals surface area contributed by atoms with Crippen LogP contribution in [-0.2, 0) is 19.0 Å². The zero-order valence-corrected chi connectivity index (χ0v) is 12.8. The van der Waals surface area contributed by atoms with E-state index in [0.29, 0.717) is 32.8 Å². The second-order valence-corrected chi connectivity index (χ2v) is 5.59. The minimum absolute atomic E-state index is 0.0692. The van der Waals surface area contributed by atoms with E-state index in [4.69, 9.17) is 19.9 Å². The third-order valence-corrected chi connectivity index (χ3v) is 3.52. The molecule has 0 bridgehead atoms. The monoisotopic (exact) mass is 288 g/mol. The molecule has 20 heavy (non-hydrogen) atoms. The summed E-state index contributed by atoms with van der Waals surface area (Å²) in [5, 5.41) is 3.30. The molecule has 0 aromatic carbocycles. The highest BCUT2D eigenvalue weighted by molar-refractivity contribution is 5.85. The molecule has 6 nitrogen and oxygen atoms in total. The molecule has 6 heteroatoms. The van der Waals surface area contributed by atoms with Crippen molar-refractivity contribution >= 4 is 5.91 Å². The van der Waals surface area contributed by atoms with Crippen LogP contribution in [0.25, 0.3) is 0 Å². The van der Waals surface area contributed by atoms with Gasteiger partial charge in [-0.3, -0.25) is 4.79 Å². The molecule has 2 atom stereocenters. The van der Waals surface area contributed by atoms with Crippen LogP contribution in [0.15, 0.2) is 0 Å². The molecule has 1 aliphatic rings. The van der Waals surface area contributed by atoms with Gasteiger partial charge in [0.25, 0.3) is 0 Å². The maximum atomic E-state index is 11.7. The molecule has 1 fully saturated rings. The average molecular weight is 288 g/mol. The van der Waals surface area contributed by atoms with E-state index in [0.717, 1.165) is 12.8 Å². The summed E-state index contributed by atoms with van der Waals surface area (Å²) < 4.78 is 16.0. The summed E-state index contributed by atoms with van der Waals surface area (Å²) in [6.07, 6.45) is 2.29. The van der Waals surface area contributed by atoms with Gasteiger partial charge in [-0.05, 0) is 26.7 Å². The lowest BCUT2D eigenvalue weighted by Gasteiger charge is -2.29. The number of carbonyl (C=O) groups is 1. The maximum Gasteiger partial charge on any atom is 0.237 e. The molecule has 2 unspecified atom stereocenters. The summed E-state index contributed by atoms with van der Waals surface area (Å²) in [5.41, 5.74) is 4.94. The molecular weight excluding hydrogens is 260 g/mol. The number of nitrogens with two attached hydrogens (primary N) is 1. The second kappa shape index (κ2) is 8.56. The number of hydrogen-bond donors (Lipinski definition) is 2. The fraction of sp³-hybridized carbons (Fsp3) is 0.929. The molecule has 0 spiro atoms. The summed E-state index contributed by atoms with van der Waals surface area (Å²) in [7, 11) is 1.64. The summed E-state index contributed by atoms with van der Waals surface area (Å²) in [5.74, 6) is -0.284. The van der Waals surface area contributed by atoms with Gasteiger partial charge >= 0.3 is 0 Å². The van der Waals surface area contributed by atoms with Crippen molar-refractivity contribution in [3.63, 3.8) is 0 Å². The molecule has 3 N–H and O–H groups in total. The molecule has 0 saturated heterocycles. The van der Waals surface area contributed by atoms with Crippen LogP contribution in [0.2, 0.25) is 0 Å². The predicted octanol–water partition coefficient (Wildman–Crippen LogP) is 0.441. The van der Waals surface area contributed by atoms with E-state index in [2.05, 4.69) is 5.32 Å². The molecule has 1 amide bonds. The van der Waals surface area contributed by atoms with Crippen LogP contribution in [0.3, 0.4) is 0 Å². The van der Waals surface area contributed by atoms with Gasteiger partial charge in [0, 0.05) is 19.6 Å². The Kier molecular flexibility index (Phi) is 7.43. The highest BCUT2D eigenvalue weighted by Crippen LogP contribution is 2.32. The second-order valence-electron chi connectivity index (χ2n) is 5.59. The number of amides is 1. The third kappa shape index (κ3) is 5.36. The smallest absolute Gasteiger partial charge is 0.237 e. The van der Waals surface area contributed by atoms with E-state index >= 15 is 0 Å². The summed E-state index contributed by atoms with van der Waals surface area (Å²) in [6.45, 7) is 6.27. The Morgan fingerprint density at radius 2 is 2.05 bits per heavy atom. The van der Waals surface area contributed by atoms with Crippen LogP contribution >= 0.6 is 0 Å². The van der Waals surface area contributed by atoms with Gasteiger partial charge in [0.15, 0.2) is 0 Å². The summed E-state index contributed by atoms with van der Waals surface area (Å²) >= 11 is 0. The largest absolute Gasteiger partial charge is 0.382 e. The van der Waals surface area contributed by atoms with E-state index in [1.54, 1.807) is 7.11 Å². The lowest BCUT2D eigenvalue weighted by molar-refractivity contribution is -0.125. The van der Waals surface area contributed by atoms with Crippen LogP contribution in [0.4, 0.5) is 0 Å². The minimum atomic E-state index is -0.615. The van der Waals surface area contributed by atoms with Gasteiger partial charge in [0.1, 0.15) is 5.54 Å². The van der Waals surface area contributed by atoms with E-state index in [1.807, 2.05) is 13.8 Å². The molecule has 1 rings (SSSR count). The van der Waals surface area contributed by atoms with Crippen LogP contribution < -0.4 is 11.1 Å². The van der Waals surface area contributed by atoms with Crippen molar-refractivity contribution in [3.05, 3.63) is 0 Å². The molecular formula is C14H28N2O4. The van der Waals surface area contributed by atoms with Crippen molar-refractivity contribution in [1.29, 1.82) is 0 Å². The first-order chi connectivity index (χ1) is 9.50. The van der Waals surface area contributed by atoms with Gasteiger partial charge in [-0.25, -0.2) is 0 Å². The summed E-state index contributed by atoms with van der Waals surface area (Å²) in [4.78, 5) is 11.7. The van der Waals surface area contributed by atoms with E-state index in [1.165, 1.54) is 0 Å². The van der Waals surface area contributed by atoms with Gasteiger partial charge in [0.2, 0.25) is 5.91 Å². The Morgan fingerprint density at radius 1 is 1.35 bits per heavy atom. The Morgan fingerprint density at radius 3 is 2.65 bits per heavy atom. The highest BCUT2D eigenvalue weighted by Gasteiger charge is 2.44. The molecule has 0 aromatic heterocycles. The SMILES string of the molecule is COCCOCCOC1CCC(NC(C)C)(C(N)=O)C1. The van der Waals surface area contributed by atoms with Crippen molar-refractivity contribution in [3.8, 4) is 0 Å². The van der Waals surface area contributed by atoms with Crippen molar-refractivity contribution < 1.29 is 19.0 Å². The van der Waals surface area contributed by atoms with Gasteiger partial charge in [0.05, 0.1) is 32.5 Å². The van der Waals surface area contributed by atoms with Crippen molar-refractivity contribution in [1.82, 2.24) is 5.32 Å². The molecule has 0 radical (unpaired) electrons. The zero-order valence-electron chi connectivity index (χ0n) is 12.8. The molecule has 0 heterocycles. The Bertz CT molecular complexity index is 299. The lowest BCUT2D eigenvalue weighted by Crippen LogP contribution is -2.56. The Balaban J connectivity index is 2.28. The fourth-order valence-electron chi connectivity index (χ4n) is 2.64. The number of rotatable bonds is 10. The molecule has 1 saturated carbocycles. The zero-order chi connectivity index (χ0) is 15.0. The standard InChI is InChI=1S/C14H28N2O4/c1-11(2)16-14(13(15)17)5-4-12(10-14)20-9-8-19-7-6-18-3/h11-12,16H,4-10H2,1-3H3,(H2,15,17). The molecule has 1 aliphatic carbocycles. The highest BCUT2D eigenvalue weighted by atomic mass is 16.5. The number of carbonyl (C=O) groups excluding carboxylic acids is 1. The van der Waals surface area contributed by atoms with Crippen molar-refractivity contribution in [2.75, 3.05) is 33.5 Å². The topological polar surface area (TPSA) is 82.8 Å². The van der Waals surface area contributed by atoms with Gasteiger partial charge < -0.3 is 25.3 Å². The maximum absolute atomic E-state index is 11.7. The number of primary amides is 1. The van der Waals surface area contributed by atoms with E-state index < -0.39 is 5.54 Å². The van der Waals surface area contributed by atoms with Crippen molar-refractivity contribution in [2.45, 2.75) is 50.8 Å². The Labute approximate surface area is 121 Å². The van der Waals surface area contributed by atoms with Gasteiger partial charge in [-0.15, -0.1) is 0 Å². The molecule has 0 aliphatic heterocycles. The van der Waals surface area contributed by atoms with Crippen LogP contribution in [0, 0.1) is 0 Å². The van der Waals surface area contributed by atoms with Gasteiger partial charge in [-0.2, -0.15) is 0 Å². The van der Waals surface area contributed by atoms with Crippen LogP contribution in [-0.4, -0.2) is 57.1 Å². The number of ether oxygens (including phenoxy) is 3. The third-order valence-electron chi connectivity index (χ3n) is 3.52. The van der Waals surface area contributed by atoms with Gasteiger partial charge in [-0.1, -0.05) is 0 Å². The number of hydrogen-bond acceptors (Lipinski definition) is 5. The molecule has 118 valence electrons. The number of methoxy groups -OCH3 is 1. The minimum Gasteiger partial charge on any atom is -0.382 e. The van der Waals surface area contributed by atoms with Crippen molar-refractivity contribution in [2.24, 2.45) is 5.73 Å². The first-order valence-corrected chi connectivity index (χ1v) is 7.26.